The van der Waals surface area contributed by atoms with E-state index >= 15 is 0 Å². The van der Waals surface area contributed by atoms with Crippen LogP contribution in [0.3, 0.4) is 0 Å². The molecule has 4 rings (SSSR count). The zero-order chi connectivity index (χ0) is 14.9. The standard InChI is InChI=1S/C18H20N2O2/c21-18(16-4-1-9-20(16)15-6-7-15)19-12-13-5-8-17-14(11-13)3-2-10-22-17/h1,4-5,8-9,11,15H,2-3,6-7,10,12H2,(H,19,21). The SMILES string of the molecule is O=C(NCc1ccc2c(c1)CCCO2)c1cccn1C1CC1. The fourth-order valence-electron chi connectivity index (χ4n) is 3.05. The third-order valence-electron chi connectivity index (χ3n) is 4.38. The highest BCUT2D eigenvalue weighted by atomic mass is 16.5. The molecule has 1 saturated carbocycles. The fourth-order valence-corrected chi connectivity index (χ4v) is 3.05. The van der Waals surface area contributed by atoms with Crippen molar-refractivity contribution in [2.24, 2.45) is 0 Å². The summed E-state index contributed by atoms with van der Waals surface area (Å²) in [5, 5.41) is 3.03. The Kier molecular flexibility index (Phi) is 3.37. The van der Waals surface area contributed by atoms with Gasteiger partial charge in [-0.05, 0) is 55.0 Å². The van der Waals surface area contributed by atoms with Gasteiger partial charge in [-0.3, -0.25) is 4.79 Å². The first-order valence-electron chi connectivity index (χ1n) is 8.01. The third-order valence-corrected chi connectivity index (χ3v) is 4.38. The molecule has 114 valence electrons. The molecule has 0 unspecified atom stereocenters. The molecule has 0 saturated heterocycles. The Morgan fingerprint density at radius 1 is 1.32 bits per heavy atom. The lowest BCUT2D eigenvalue weighted by Crippen LogP contribution is -2.25. The number of carbonyl (C=O) groups excluding carboxylic acids is 1. The number of aromatic nitrogens is 1. The monoisotopic (exact) mass is 296 g/mol. The summed E-state index contributed by atoms with van der Waals surface area (Å²) in [6.45, 7) is 1.36. The van der Waals surface area contributed by atoms with Gasteiger partial charge in [0.05, 0.1) is 6.61 Å². The Labute approximate surface area is 130 Å². The molecule has 0 radical (unpaired) electrons. The summed E-state index contributed by atoms with van der Waals surface area (Å²) in [6, 6.07) is 10.6. The Hall–Kier alpha value is -2.23. The van der Waals surface area contributed by atoms with Crippen molar-refractivity contribution in [3.05, 3.63) is 53.3 Å². The van der Waals surface area contributed by atoms with Gasteiger partial charge in [0.25, 0.3) is 5.91 Å². The van der Waals surface area contributed by atoms with E-state index in [2.05, 4.69) is 16.0 Å². The zero-order valence-electron chi connectivity index (χ0n) is 12.5. The molecule has 1 aromatic heterocycles. The summed E-state index contributed by atoms with van der Waals surface area (Å²) in [4.78, 5) is 12.4. The largest absolute Gasteiger partial charge is 0.493 e. The summed E-state index contributed by atoms with van der Waals surface area (Å²) >= 11 is 0. The van der Waals surface area contributed by atoms with Crippen molar-refractivity contribution < 1.29 is 9.53 Å². The van der Waals surface area contributed by atoms with Crippen molar-refractivity contribution in [3.63, 3.8) is 0 Å². The lowest BCUT2D eigenvalue weighted by Gasteiger charge is -2.18. The number of carbonyl (C=O) groups is 1. The van der Waals surface area contributed by atoms with Crippen molar-refractivity contribution >= 4 is 5.91 Å². The van der Waals surface area contributed by atoms with Gasteiger partial charge in [0, 0.05) is 18.8 Å². The first-order chi connectivity index (χ1) is 10.8. The predicted molar refractivity (Wildman–Crippen MR) is 84.1 cm³/mol. The Morgan fingerprint density at radius 2 is 2.23 bits per heavy atom. The molecule has 1 fully saturated rings. The molecule has 1 aliphatic heterocycles. The van der Waals surface area contributed by atoms with E-state index < -0.39 is 0 Å². The minimum absolute atomic E-state index is 0.00544. The highest BCUT2D eigenvalue weighted by Gasteiger charge is 2.26. The number of nitrogens with zero attached hydrogens (tertiary/aromatic N) is 1. The molecule has 0 spiro atoms. The molecule has 1 amide bonds. The number of ether oxygens (including phenoxy) is 1. The molecule has 1 N–H and O–H groups in total. The number of fused-ring (bicyclic) bond motifs is 1. The van der Waals surface area contributed by atoms with Crippen LogP contribution in [0.1, 0.15) is 46.9 Å². The van der Waals surface area contributed by atoms with Crippen LogP contribution >= 0.6 is 0 Å². The summed E-state index contributed by atoms with van der Waals surface area (Å²) in [5.74, 6) is 0.995. The van der Waals surface area contributed by atoms with Gasteiger partial charge >= 0.3 is 0 Å². The zero-order valence-corrected chi connectivity index (χ0v) is 12.5. The van der Waals surface area contributed by atoms with Crippen LogP contribution in [0.15, 0.2) is 36.5 Å². The second-order valence-corrected chi connectivity index (χ2v) is 6.11. The van der Waals surface area contributed by atoms with Crippen molar-refractivity contribution in [3.8, 4) is 5.75 Å². The topological polar surface area (TPSA) is 43.3 Å². The second-order valence-electron chi connectivity index (χ2n) is 6.11. The molecule has 2 aromatic rings. The molecule has 0 bridgehead atoms. The van der Waals surface area contributed by atoms with Gasteiger partial charge in [0.15, 0.2) is 0 Å². The van der Waals surface area contributed by atoms with Crippen LogP contribution in [-0.4, -0.2) is 17.1 Å². The number of nitrogens with one attached hydrogen (secondary N) is 1. The normalized spacial score (nSPS) is 16.7. The molecule has 0 atom stereocenters. The number of benzene rings is 1. The molecule has 22 heavy (non-hydrogen) atoms. The van der Waals surface area contributed by atoms with Gasteiger partial charge in [-0.15, -0.1) is 0 Å². The van der Waals surface area contributed by atoms with E-state index in [4.69, 9.17) is 4.74 Å². The lowest BCUT2D eigenvalue weighted by molar-refractivity contribution is 0.0941. The van der Waals surface area contributed by atoms with Crippen molar-refractivity contribution in [1.29, 1.82) is 0 Å². The predicted octanol–water partition coefficient (Wildman–Crippen LogP) is 3.08. The molecule has 2 aliphatic rings. The van der Waals surface area contributed by atoms with Crippen LogP contribution in [-0.2, 0) is 13.0 Å². The Balaban J connectivity index is 1.43. The lowest BCUT2D eigenvalue weighted by atomic mass is 10.0. The molecule has 2 heterocycles. The summed E-state index contributed by atoms with van der Waals surface area (Å²) < 4.78 is 7.71. The molecular weight excluding hydrogens is 276 g/mol. The highest BCUT2D eigenvalue weighted by molar-refractivity contribution is 5.92. The van der Waals surface area contributed by atoms with Crippen LogP contribution in [0, 0.1) is 0 Å². The molecule has 4 nitrogen and oxygen atoms in total. The van der Waals surface area contributed by atoms with E-state index in [1.807, 2.05) is 30.5 Å². The number of hydrogen-bond donors (Lipinski definition) is 1. The van der Waals surface area contributed by atoms with Gasteiger partial charge in [-0.2, -0.15) is 0 Å². The molecule has 1 aromatic carbocycles. The van der Waals surface area contributed by atoms with Gasteiger partial charge in [0.2, 0.25) is 0 Å². The van der Waals surface area contributed by atoms with E-state index in [0.29, 0.717) is 12.6 Å². The van der Waals surface area contributed by atoms with Crippen molar-refractivity contribution in [2.45, 2.75) is 38.3 Å². The molecule has 1 aliphatic carbocycles. The maximum Gasteiger partial charge on any atom is 0.268 e. The summed E-state index contributed by atoms with van der Waals surface area (Å²) in [7, 11) is 0. The van der Waals surface area contributed by atoms with Crippen LogP contribution in [0.5, 0.6) is 5.75 Å². The minimum Gasteiger partial charge on any atom is -0.493 e. The van der Waals surface area contributed by atoms with Gasteiger partial charge in [-0.1, -0.05) is 12.1 Å². The maximum absolute atomic E-state index is 12.4. The van der Waals surface area contributed by atoms with Crippen molar-refractivity contribution in [2.75, 3.05) is 6.61 Å². The highest BCUT2D eigenvalue weighted by Crippen LogP contribution is 2.36. The van der Waals surface area contributed by atoms with E-state index in [1.165, 1.54) is 18.4 Å². The van der Waals surface area contributed by atoms with Crippen LogP contribution < -0.4 is 10.1 Å². The second kappa shape index (κ2) is 5.52. The number of hydrogen-bond acceptors (Lipinski definition) is 2. The van der Waals surface area contributed by atoms with Gasteiger partial charge in [0.1, 0.15) is 11.4 Å². The van der Waals surface area contributed by atoms with Gasteiger partial charge in [-0.25, -0.2) is 0 Å². The average molecular weight is 296 g/mol. The first kappa shape index (κ1) is 13.4. The maximum atomic E-state index is 12.4. The van der Waals surface area contributed by atoms with Crippen LogP contribution in [0.4, 0.5) is 0 Å². The van der Waals surface area contributed by atoms with E-state index in [-0.39, 0.29) is 5.91 Å². The average Bonchev–Trinajstić information content (AvgIpc) is 3.29. The fraction of sp³-hybridized carbons (Fsp3) is 0.389. The van der Waals surface area contributed by atoms with Crippen LogP contribution in [0.2, 0.25) is 0 Å². The van der Waals surface area contributed by atoms with Gasteiger partial charge < -0.3 is 14.6 Å². The third kappa shape index (κ3) is 2.61. The number of rotatable bonds is 4. The Bertz CT molecular complexity index is 701. The minimum atomic E-state index is 0.00544. The van der Waals surface area contributed by atoms with E-state index in [0.717, 1.165) is 36.5 Å². The quantitative estimate of drug-likeness (QED) is 0.942. The smallest absolute Gasteiger partial charge is 0.268 e. The summed E-state index contributed by atoms with van der Waals surface area (Å²) in [5.41, 5.74) is 3.14. The number of aryl methyl sites for hydroxylation is 1. The number of amides is 1. The van der Waals surface area contributed by atoms with E-state index in [1.54, 1.807) is 0 Å². The molecule has 4 heteroatoms. The molecular formula is C18H20N2O2. The van der Waals surface area contributed by atoms with E-state index in [9.17, 15) is 4.79 Å². The first-order valence-corrected chi connectivity index (χ1v) is 8.01. The summed E-state index contributed by atoms with van der Waals surface area (Å²) in [6.07, 6.45) is 6.49. The Morgan fingerprint density at radius 3 is 3.09 bits per heavy atom. The van der Waals surface area contributed by atoms with Crippen molar-refractivity contribution in [1.82, 2.24) is 9.88 Å². The van der Waals surface area contributed by atoms with Crippen LogP contribution in [0.25, 0.3) is 0 Å².